The van der Waals surface area contributed by atoms with Crippen molar-refractivity contribution in [2.24, 2.45) is 0 Å². The van der Waals surface area contributed by atoms with Crippen molar-refractivity contribution >= 4 is 0 Å². The van der Waals surface area contributed by atoms with Crippen LogP contribution in [-0.2, 0) is 6.54 Å². The largest absolute Gasteiger partial charge is 0.463 e. The Morgan fingerprint density at radius 3 is 2.37 bits per heavy atom. The zero-order valence-electron chi connectivity index (χ0n) is 12.0. The maximum atomic E-state index is 5.47. The fraction of sp³-hybridized carbons (Fsp3) is 0.750. The number of hydrogen-bond donors (Lipinski definition) is 2. The fourth-order valence-corrected chi connectivity index (χ4v) is 3.86. The van der Waals surface area contributed by atoms with Crippen LogP contribution in [0.3, 0.4) is 0 Å². The molecule has 0 bridgehead atoms. The van der Waals surface area contributed by atoms with E-state index in [9.17, 15) is 0 Å². The number of nitrogens with one attached hydrogen (secondary N) is 2. The summed E-state index contributed by atoms with van der Waals surface area (Å²) < 4.78 is 5.47. The lowest BCUT2D eigenvalue weighted by Crippen LogP contribution is -3.29. The summed E-state index contributed by atoms with van der Waals surface area (Å²) in [5.74, 6) is 1.15. The number of piperazine rings is 1. The van der Waals surface area contributed by atoms with Gasteiger partial charge in [-0.3, -0.25) is 0 Å². The zero-order chi connectivity index (χ0) is 12.9. The number of rotatable bonds is 3. The zero-order valence-corrected chi connectivity index (χ0v) is 12.0. The van der Waals surface area contributed by atoms with Gasteiger partial charge in [0.05, 0.1) is 12.3 Å². The number of quaternary nitrogens is 2. The molecule has 1 aromatic rings. The summed E-state index contributed by atoms with van der Waals surface area (Å²) in [6, 6.07) is 5.08. The topological polar surface area (TPSA) is 22.0 Å². The van der Waals surface area contributed by atoms with Crippen molar-refractivity contribution in [3.63, 3.8) is 0 Å². The summed E-state index contributed by atoms with van der Waals surface area (Å²) in [6.45, 7) is 6.42. The second kappa shape index (κ2) is 6.58. The highest BCUT2D eigenvalue weighted by molar-refractivity contribution is 4.95. The summed E-state index contributed by atoms with van der Waals surface area (Å²) in [4.78, 5) is 3.59. The maximum absolute atomic E-state index is 5.47. The van der Waals surface area contributed by atoms with Crippen LogP contribution in [0, 0.1) is 0 Å². The summed E-state index contributed by atoms with van der Waals surface area (Å²) in [5, 5.41) is 0. The first-order valence-corrected chi connectivity index (χ1v) is 8.12. The minimum absolute atomic E-state index is 0.965. The van der Waals surface area contributed by atoms with Gasteiger partial charge in [-0.15, -0.1) is 0 Å². The van der Waals surface area contributed by atoms with Crippen LogP contribution in [0.4, 0.5) is 0 Å². The highest BCUT2D eigenvalue weighted by Gasteiger charge is 2.29. The van der Waals surface area contributed by atoms with Gasteiger partial charge in [-0.25, -0.2) is 0 Å². The van der Waals surface area contributed by atoms with Gasteiger partial charge in [0.2, 0.25) is 0 Å². The Bertz CT molecular complexity index is 347. The van der Waals surface area contributed by atoms with Crippen LogP contribution >= 0.6 is 0 Å². The fourth-order valence-electron chi connectivity index (χ4n) is 3.86. The molecule has 0 unspecified atom stereocenters. The van der Waals surface area contributed by atoms with Gasteiger partial charge >= 0.3 is 0 Å². The van der Waals surface area contributed by atoms with E-state index < -0.39 is 0 Å². The van der Waals surface area contributed by atoms with Gasteiger partial charge < -0.3 is 14.2 Å². The van der Waals surface area contributed by atoms with Gasteiger partial charge in [-0.05, 0) is 37.8 Å². The lowest BCUT2D eigenvalue weighted by molar-refractivity contribution is -1.03. The summed E-state index contributed by atoms with van der Waals surface area (Å²) in [7, 11) is 0. The molecule has 1 aromatic heterocycles. The molecule has 2 aliphatic rings. The van der Waals surface area contributed by atoms with Gasteiger partial charge in [0.1, 0.15) is 32.7 Å². The molecule has 106 valence electrons. The van der Waals surface area contributed by atoms with Crippen molar-refractivity contribution in [3.05, 3.63) is 24.2 Å². The second-order valence-corrected chi connectivity index (χ2v) is 6.35. The molecule has 1 aliphatic carbocycles. The van der Waals surface area contributed by atoms with Gasteiger partial charge in [-0.2, -0.15) is 0 Å². The minimum Gasteiger partial charge on any atom is -0.463 e. The van der Waals surface area contributed by atoms with Crippen LogP contribution in [0.2, 0.25) is 0 Å². The van der Waals surface area contributed by atoms with Crippen molar-refractivity contribution < 1.29 is 14.2 Å². The van der Waals surface area contributed by atoms with Crippen LogP contribution < -0.4 is 9.80 Å². The van der Waals surface area contributed by atoms with Crippen LogP contribution in [0.25, 0.3) is 0 Å². The smallest absolute Gasteiger partial charge is 0.157 e. The van der Waals surface area contributed by atoms with Crippen molar-refractivity contribution in [1.82, 2.24) is 0 Å². The van der Waals surface area contributed by atoms with Crippen LogP contribution in [0.5, 0.6) is 0 Å². The molecule has 19 heavy (non-hydrogen) atoms. The van der Waals surface area contributed by atoms with E-state index in [1.54, 1.807) is 11.2 Å². The molecule has 2 fully saturated rings. The first kappa shape index (κ1) is 13.2. The van der Waals surface area contributed by atoms with Crippen molar-refractivity contribution in [3.8, 4) is 0 Å². The van der Waals surface area contributed by atoms with Crippen LogP contribution in [0.15, 0.2) is 22.8 Å². The van der Waals surface area contributed by atoms with E-state index in [-0.39, 0.29) is 0 Å². The average Bonchev–Trinajstić information content (AvgIpc) is 2.80. The lowest BCUT2D eigenvalue weighted by Gasteiger charge is -2.34. The van der Waals surface area contributed by atoms with Crippen molar-refractivity contribution in [2.75, 3.05) is 26.2 Å². The average molecular weight is 264 g/mol. The number of furan rings is 1. The van der Waals surface area contributed by atoms with Crippen molar-refractivity contribution in [1.29, 1.82) is 0 Å². The van der Waals surface area contributed by atoms with Gasteiger partial charge in [0.25, 0.3) is 0 Å². The predicted molar refractivity (Wildman–Crippen MR) is 75.3 cm³/mol. The Balaban J connectivity index is 1.46. The first-order valence-electron chi connectivity index (χ1n) is 8.12. The van der Waals surface area contributed by atoms with Gasteiger partial charge in [0, 0.05) is 0 Å². The van der Waals surface area contributed by atoms with Crippen molar-refractivity contribution in [2.45, 2.75) is 51.1 Å². The monoisotopic (exact) mass is 264 g/mol. The van der Waals surface area contributed by atoms with E-state index >= 15 is 0 Å². The molecule has 0 spiro atoms. The molecule has 2 N–H and O–H groups in total. The van der Waals surface area contributed by atoms with Gasteiger partial charge in [-0.1, -0.05) is 12.8 Å². The minimum atomic E-state index is 0.965. The normalized spacial score (nSPS) is 30.1. The molecule has 3 heteroatoms. The van der Waals surface area contributed by atoms with E-state index in [1.807, 2.05) is 11.0 Å². The molecule has 0 radical (unpaired) electrons. The van der Waals surface area contributed by atoms with E-state index in [2.05, 4.69) is 6.07 Å². The standard InChI is InChI=1S/C16H26N2O/c1-2-4-7-15(6-3-1)18-11-9-17(10-12-18)14-16-8-5-13-19-16/h5,8,13,15H,1-4,6-7,9-12,14H2/p+2. The second-order valence-electron chi connectivity index (χ2n) is 6.35. The Hall–Kier alpha value is -0.800. The third-order valence-corrected chi connectivity index (χ3v) is 5.04. The highest BCUT2D eigenvalue weighted by Crippen LogP contribution is 2.15. The van der Waals surface area contributed by atoms with Gasteiger partial charge in [0.15, 0.2) is 5.76 Å². The first-order chi connectivity index (χ1) is 9.42. The molecule has 1 aliphatic heterocycles. The molecular formula is C16H28N2O+2. The highest BCUT2D eigenvalue weighted by atomic mass is 16.3. The third kappa shape index (κ3) is 3.61. The Labute approximate surface area is 116 Å². The molecule has 0 atom stereocenters. The molecule has 0 aromatic carbocycles. The van der Waals surface area contributed by atoms with E-state index in [0.29, 0.717) is 0 Å². The Morgan fingerprint density at radius 1 is 1.00 bits per heavy atom. The Kier molecular flexibility index (Phi) is 4.57. The van der Waals surface area contributed by atoms with E-state index in [0.717, 1.165) is 18.3 Å². The predicted octanol–water partition coefficient (Wildman–Crippen LogP) is 0.286. The molecule has 3 nitrogen and oxygen atoms in total. The number of hydrogen-bond acceptors (Lipinski definition) is 1. The van der Waals surface area contributed by atoms with Crippen LogP contribution in [-0.4, -0.2) is 32.2 Å². The van der Waals surface area contributed by atoms with E-state index in [4.69, 9.17) is 4.42 Å². The molecule has 0 amide bonds. The quantitative estimate of drug-likeness (QED) is 0.753. The summed E-state index contributed by atoms with van der Waals surface area (Å²) in [6.07, 6.45) is 10.6. The third-order valence-electron chi connectivity index (χ3n) is 5.04. The molecule has 3 rings (SSSR count). The maximum Gasteiger partial charge on any atom is 0.157 e. The molecule has 2 heterocycles. The van der Waals surface area contributed by atoms with E-state index in [1.165, 1.54) is 64.7 Å². The molecular weight excluding hydrogens is 236 g/mol. The van der Waals surface area contributed by atoms with Crippen LogP contribution in [0.1, 0.15) is 44.3 Å². The molecule has 1 saturated carbocycles. The summed E-state index contributed by atoms with van der Waals surface area (Å²) in [5.41, 5.74) is 0. The molecule has 1 saturated heterocycles. The Morgan fingerprint density at radius 2 is 1.74 bits per heavy atom. The summed E-state index contributed by atoms with van der Waals surface area (Å²) >= 11 is 0. The lowest BCUT2D eigenvalue weighted by atomic mass is 10.1. The SMILES string of the molecule is c1coc(C[NH+]2CC[NH+](C3CCCCCC3)CC2)c1.